The first kappa shape index (κ1) is 18.5. The molecule has 5 aromatic rings. The van der Waals surface area contributed by atoms with E-state index in [-0.39, 0.29) is 38.0 Å². The molecule has 0 aliphatic rings. The van der Waals surface area contributed by atoms with Crippen LogP contribution < -0.4 is 10.9 Å². The summed E-state index contributed by atoms with van der Waals surface area (Å²) in [6.07, 6.45) is 0. The lowest BCUT2D eigenvalue weighted by Crippen LogP contribution is -2.18. The van der Waals surface area contributed by atoms with Gasteiger partial charge < -0.3 is 4.98 Å². The lowest BCUT2D eigenvalue weighted by Gasteiger charge is -2.13. The molecule has 0 unspecified atom stereocenters. The van der Waals surface area contributed by atoms with E-state index in [2.05, 4.69) is 4.98 Å². The van der Waals surface area contributed by atoms with Crippen LogP contribution in [0.25, 0.3) is 43.6 Å². The van der Waals surface area contributed by atoms with E-state index in [1.54, 1.807) is 25.1 Å². The molecule has 0 aliphatic heterocycles. The maximum absolute atomic E-state index is 13.2. The number of hydrogen-bond acceptors (Lipinski definition) is 4. The Bertz CT molecular complexity index is 1780. The summed E-state index contributed by atoms with van der Waals surface area (Å²) < 4.78 is 35.2. The van der Waals surface area contributed by atoms with Gasteiger partial charge in [0, 0.05) is 27.1 Å². The molecule has 2 aromatic heterocycles. The molecular formula is C22H16N2O5S. The van der Waals surface area contributed by atoms with Crippen LogP contribution in [0.2, 0.25) is 0 Å². The van der Waals surface area contributed by atoms with Crippen molar-refractivity contribution in [1.82, 2.24) is 8.96 Å². The minimum absolute atomic E-state index is 0.0489. The zero-order chi connectivity index (χ0) is 21.4. The number of aromatic nitrogens is 2. The lowest BCUT2D eigenvalue weighted by atomic mass is 10.0. The summed E-state index contributed by atoms with van der Waals surface area (Å²) in [6.45, 7) is 3.69. The van der Waals surface area contributed by atoms with Gasteiger partial charge in [-0.05, 0) is 55.8 Å². The van der Waals surface area contributed by atoms with Gasteiger partial charge in [0.1, 0.15) is 0 Å². The first-order chi connectivity index (χ1) is 14.1. The molecule has 0 amide bonds. The number of fused-ring (bicyclic) bond motifs is 4. The summed E-state index contributed by atoms with van der Waals surface area (Å²) >= 11 is 0. The van der Waals surface area contributed by atoms with Crippen LogP contribution in [0.3, 0.4) is 0 Å². The zero-order valence-corrected chi connectivity index (χ0v) is 16.9. The van der Waals surface area contributed by atoms with Gasteiger partial charge in [0.25, 0.3) is 0 Å². The fourth-order valence-corrected chi connectivity index (χ4v) is 4.82. The summed E-state index contributed by atoms with van der Waals surface area (Å²) in [6, 6.07) is 12.9. The maximum atomic E-state index is 13.2. The largest absolute Gasteiger partial charge is 0.364 e. The molecule has 7 nitrogen and oxygen atoms in total. The highest BCUT2D eigenvalue weighted by molar-refractivity contribution is 7.84. The lowest BCUT2D eigenvalue weighted by molar-refractivity contribution is 0.476. The van der Waals surface area contributed by atoms with Gasteiger partial charge in [0.2, 0.25) is 0 Å². The third-order valence-electron chi connectivity index (χ3n) is 5.38. The number of hydrogen-bond donors (Lipinski definition) is 2. The Balaban J connectivity index is 2.11. The van der Waals surface area contributed by atoms with E-state index in [0.29, 0.717) is 20.4 Å². The Hall–Kier alpha value is -3.49. The smallest absolute Gasteiger partial charge is 0.354 e. The molecule has 0 saturated heterocycles. The highest BCUT2D eigenvalue weighted by atomic mass is 32.2. The van der Waals surface area contributed by atoms with Gasteiger partial charge in [-0.1, -0.05) is 17.7 Å². The van der Waals surface area contributed by atoms with Crippen LogP contribution in [-0.2, 0) is 10.3 Å². The standard InChI is InChI=1S/C22H16N2O5S/c1-11-4-6-19-15(7-11)22(26)16-9-18-14(10-20(16)24(19)30(27,28)29)21(25)13-5-3-12(2)8-17(13)23-18/h3-10H,1-2H3,(H,23,25)(H,27,28,29). The number of nitrogens with zero attached hydrogens (tertiary/aromatic N) is 1. The van der Waals surface area contributed by atoms with Crippen molar-refractivity contribution in [3.8, 4) is 0 Å². The van der Waals surface area contributed by atoms with E-state index < -0.39 is 10.3 Å². The van der Waals surface area contributed by atoms with Crippen molar-refractivity contribution in [1.29, 1.82) is 0 Å². The minimum atomic E-state index is -4.75. The van der Waals surface area contributed by atoms with Crippen molar-refractivity contribution in [2.45, 2.75) is 13.8 Å². The van der Waals surface area contributed by atoms with Gasteiger partial charge >= 0.3 is 10.3 Å². The van der Waals surface area contributed by atoms with Gasteiger partial charge in [0.05, 0.1) is 16.6 Å². The SMILES string of the molecule is Cc1ccc2c(=O)c3cc4c(cc3[nH]c2c1)c(=O)c1cc(C)ccc1n4S(=O)(=O)O. The molecule has 5 rings (SSSR count). The number of aromatic amines is 1. The monoisotopic (exact) mass is 420 g/mol. The van der Waals surface area contributed by atoms with Crippen LogP contribution >= 0.6 is 0 Å². The molecule has 2 N–H and O–H groups in total. The van der Waals surface area contributed by atoms with Crippen molar-refractivity contribution in [3.63, 3.8) is 0 Å². The van der Waals surface area contributed by atoms with Crippen LogP contribution in [0.5, 0.6) is 0 Å². The number of nitrogens with one attached hydrogen (secondary N) is 1. The van der Waals surface area contributed by atoms with Crippen molar-refractivity contribution in [2.75, 3.05) is 0 Å². The van der Waals surface area contributed by atoms with Crippen molar-refractivity contribution >= 4 is 53.9 Å². The van der Waals surface area contributed by atoms with Crippen molar-refractivity contribution in [3.05, 3.63) is 80.1 Å². The molecule has 0 saturated carbocycles. The predicted octanol–water partition coefficient (Wildman–Crippen LogP) is 3.42. The number of rotatable bonds is 1. The van der Waals surface area contributed by atoms with Gasteiger partial charge in [-0.3, -0.25) is 14.1 Å². The third kappa shape index (κ3) is 2.58. The summed E-state index contributed by atoms with van der Waals surface area (Å²) in [4.78, 5) is 29.4. The van der Waals surface area contributed by atoms with Crippen LogP contribution in [0.15, 0.2) is 58.1 Å². The van der Waals surface area contributed by atoms with E-state index in [9.17, 15) is 22.6 Å². The molecule has 0 aliphatic carbocycles. The second-order valence-corrected chi connectivity index (χ2v) is 8.77. The highest BCUT2D eigenvalue weighted by Gasteiger charge is 2.20. The number of pyridine rings is 2. The van der Waals surface area contributed by atoms with Gasteiger partial charge in [-0.25, -0.2) is 3.97 Å². The van der Waals surface area contributed by atoms with Crippen LogP contribution in [0, 0.1) is 13.8 Å². The quantitative estimate of drug-likeness (QED) is 0.319. The minimum Gasteiger partial charge on any atom is -0.354 e. The normalized spacial score (nSPS) is 12.4. The van der Waals surface area contributed by atoms with Gasteiger partial charge in [-0.2, -0.15) is 8.42 Å². The Morgan fingerprint density at radius 2 is 1.33 bits per heavy atom. The van der Waals surface area contributed by atoms with E-state index in [4.69, 9.17) is 0 Å². The van der Waals surface area contributed by atoms with E-state index in [1.165, 1.54) is 18.2 Å². The molecule has 0 atom stereocenters. The summed E-state index contributed by atoms with van der Waals surface area (Å²) in [7, 11) is -4.75. The summed E-state index contributed by atoms with van der Waals surface area (Å²) in [5.74, 6) is 0. The number of H-pyrrole nitrogens is 1. The fourth-order valence-electron chi connectivity index (χ4n) is 4.01. The fraction of sp³-hybridized carbons (Fsp3) is 0.0909. The zero-order valence-electron chi connectivity index (χ0n) is 16.1. The average Bonchev–Trinajstić information content (AvgIpc) is 2.67. The summed E-state index contributed by atoms with van der Waals surface area (Å²) in [5.41, 5.74) is 2.10. The first-order valence-corrected chi connectivity index (χ1v) is 10.6. The molecule has 0 spiro atoms. The van der Waals surface area contributed by atoms with Crippen molar-refractivity contribution < 1.29 is 13.0 Å². The second-order valence-electron chi connectivity index (χ2n) is 7.51. The Kier molecular flexibility index (Phi) is 3.71. The van der Waals surface area contributed by atoms with E-state index in [0.717, 1.165) is 11.1 Å². The van der Waals surface area contributed by atoms with E-state index >= 15 is 0 Å². The molecule has 0 radical (unpaired) electrons. The Morgan fingerprint density at radius 1 is 0.733 bits per heavy atom. The summed E-state index contributed by atoms with van der Waals surface area (Å²) in [5, 5.41) is 0.922. The topological polar surface area (TPSA) is 109 Å². The number of aryl methyl sites for hydroxylation is 2. The van der Waals surface area contributed by atoms with Gasteiger partial charge in [0.15, 0.2) is 10.9 Å². The molecule has 150 valence electrons. The van der Waals surface area contributed by atoms with Crippen LogP contribution in [-0.4, -0.2) is 21.9 Å². The molecule has 0 bridgehead atoms. The average molecular weight is 420 g/mol. The van der Waals surface area contributed by atoms with Crippen molar-refractivity contribution in [2.24, 2.45) is 0 Å². The number of benzene rings is 3. The van der Waals surface area contributed by atoms with Crippen LogP contribution in [0.1, 0.15) is 11.1 Å². The van der Waals surface area contributed by atoms with E-state index in [1.807, 2.05) is 19.1 Å². The predicted molar refractivity (Wildman–Crippen MR) is 118 cm³/mol. The molecule has 2 heterocycles. The molecule has 3 aromatic carbocycles. The molecule has 8 heteroatoms. The Morgan fingerprint density at radius 3 is 2.07 bits per heavy atom. The molecule has 0 fully saturated rings. The Labute approximate surface area is 170 Å². The maximum Gasteiger partial charge on any atom is 0.364 e. The molecule has 30 heavy (non-hydrogen) atoms. The third-order valence-corrected chi connectivity index (χ3v) is 6.23. The molecular weight excluding hydrogens is 404 g/mol. The van der Waals surface area contributed by atoms with Crippen LogP contribution in [0.4, 0.5) is 0 Å². The second kappa shape index (κ2) is 6.01. The first-order valence-electron chi connectivity index (χ1n) is 9.18. The van der Waals surface area contributed by atoms with Gasteiger partial charge in [-0.15, -0.1) is 0 Å². The highest BCUT2D eigenvalue weighted by Crippen LogP contribution is 2.26.